The first-order valence-corrected chi connectivity index (χ1v) is 5.87. The van der Waals surface area contributed by atoms with Gasteiger partial charge in [-0.1, -0.05) is 0 Å². The van der Waals surface area contributed by atoms with Gasteiger partial charge in [-0.3, -0.25) is 0 Å². The Morgan fingerprint density at radius 3 is 2.08 bits per heavy atom. The second-order valence-corrected chi connectivity index (χ2v) is 6.11. The van der Waals surface area contributed by atoms with Gasteiger partial charge in [0.1, 0.15) is 0 Å². The van der Waals surface area contributed by atoms with Crippen molar-refractivity contribution in [2.45, 2.75) is 45.8 Å². The van der Waals surface area contributed by atoms with Crippen LogP contribution in [0.4, 0.5) is 0 Å². The van der Waals surface area contributed by atoms with Crippen LogP contribution in [0, 0.1) is 0 Å². The molecule has 13 heavy (non-hydrogen) atoms. The van der Waals surface area contributed by atoms with Crippen LogP contribution in [0.2, 0.25) is 0 Å². The maximum absolute atomic E-state index is 5.84. The summed E-state index contributed by atoms with van der Waals surface area (Å²) in [6.45, 7) is 11.1. The Bertz CT molecular complexity index is 119. The Balaban J connectivity index is 3.28. The highest BCUT2D eigenvalue weighted by Gasteiger charge is 2.11. The molecule has 0 saturated heterocycles. The highest BCUT2D eigenvalue weighted by molar-refractivity contribution is 7.99. The molecule has 0 amide bonds. The van der Waals surface area contributed by atoms with Gasteiger partial charge >= 0.3 is 0 Å². The molecule has 0 unspecified atom stereocenters. The molecule has 2 nitrogen and oxygen atoms in total. The molecule has 0 aliphatic heterocycles. The zero-order valence-corrected chi connectivity index (χ0v) is 10.3. The van der Waals surface area contributed by atoms with Crippen molar-refractivity contribution in [2.24, 2.45) is 5.73 Å². The van der Waals surface area contributed by atoms with Crippen LogP contribution in [0.15, 0.2) is 0 Å². The van der Waals surface area contributed by atoms with E-state index in [0.29, 0.717) is 0 Å². The zero-order chi connectivity index (χ0) is 10.5. The molecule has 0 fully saturated rings. The quantitative estimate of drug-likeness (QED) is 0.699. The molecular formula is C10H23NOS. The SMILES string of the molecule is CC(C)(N)CSCCOC(C)(C)C. The Hall–Kier alpha value is 0.270. The molecule has 0 aliphatic carbocycles. The lowest BCUT2D eigenvalue weighted by molar-refractivity contribution is 0.00694. The van der Waals surface area contributed by atoms with Crippen LogP contribution in [0.25, 0.3) is 0 Å². The minimum Gasteiger partial charge on any atom is -0.375 e. The first-order chi connectivity index (χ1) is 5.71. The Labute approximate surface area is 86.6 Å². The van der Waals surface area contributed by atoms with E-state index in [1.165, 1.54) is 0 Å². The van der Waals surface area contributed by atoms with Crippen molar-refractivity contribution in [1.82, 2.24) is 0 Å². The van der Waals surface area contributed by atoms with Crippen molar-refractivity contribution >= 4 is 11.8 Å². The summed E-state index contributed by atoms with van der Waals surface area (Å²) < 4.78 is 5.58. The molecule has 0 atom stereocenters. The van der Waals surface area contributed by atoms with Gasteiger partial charge < -0.3 is 10.5 Å². The second-order valence-electron chi connectivity index (χ2n) is 5.00. The van der Waals surface area contributed by atoms with Gasteiger partial charge in [0.2, 0.25) is 0 Å². The summed E-state index contributed by atoms with van der Waals surface area (Å²) in [7, 11) is 0. The molecule has 0 saturated carbocycles. The summed E-state index contributed by atoms with van der Waals surface area (Å²) in [5.74, 6) is 2.01. The minimum absolute atomic E-state index is 0.0151. The maximum Gasteiger partial charge on any atom is 0.0598 e. The molecule has 0 rings (SSSR count). The van der Waals surface area contributed by atoms with Crippen molar-refractivity contribution in [3.63, 3.8) is 0 Å². The van der Waals surface area contributed by atoms with Gasteiger partial charge in [-0.25, -0.2) is 0 Å². The smallest absolute Gasteiger partial charge is 0.0598 e. The first-order valence-electron chi connectivity index (χ1n) is 4.71. The fourth-order valence-corrected chi connectivity index (χ4v) is 1.61. The van der Waals surface area contributed by atoms with Crippen LogP contribution in [-0.2, 0) is 4.74 Å². The number of hydrogen-bond donors (Lipinski definition) is 1. The van der Waals surface area contributed by atoms with E-state index in [-0.39, 0.29) is 11.1 Å². The van der Waals surface area contributed by atoms with Crippen molar-refractivity contribution in [2.75, 3.05) is 18.1 Å². The lowest BCUT2D eigenvalue weighted by Gasteiger charge is -2.21. The van der Waals surface area contributed by atoms with Crippen molar-refractivity contribution in [3.8, 4) is 0 Å². The third kappa shape index (κ3) is 12.3. The van der Waals surface area contributed by atoms with Crippen LogP contribution < -0.4 is 5.73 Å². The molecule has 0 bridgehead atoms. The van der Waals surface area contributed by atoms with Gasteiger partial charge in [-0.15, -0.1) is 0 Å². The van der Waals surface area contributed by atoms with Gasteiger partial charge in [0.25, 0.3) is 0 Å². The third-order valence-electron chi connectivity index (χ3n) is 1.24. The molecule has 0 aliphatic rings. The molecule has 0 aromatic rings. The standard InChI is InChI=1S/C10H23NOS/c1-9(2,3)12-6-7-13-8-10(4,5)11/h6-8,11H2,1-5H3. The van der Waals surface area contributed by atoms with Crippen LogP contribution in [-0.4, -0.2) is 29.3 Å². The Morgan fingerprint density at radius 2 is 1.69 bits per heavy atom. The average Bonchev–Trinajstić information content (AvgIpc) is 1.81. The Kier molecular flexibility index (Phi) is 5.33. The lowest BCUT2D eigenvalue weighted by Crippen LogP contribution is -2.35. The minimum atomic E-state index is -0.0631. The van der Waals surface area contributed by atoms with E-state index >= 15 is 0 Å². The molecule has 0 aromatic heterocycles. The lowest BCUT2D eigenvalue weighted by atomic mass is 10.1. The number of rotatable bonds is 5. The summed E-state index contributed by atoms with van der Waals surface area (Å²) in [5.41, 5.74) is 5.76. The van der Waals surface area contributed by atoms with Crippen LogP contribution in [0.1, 0.15) is 34.6 Å². The van der Waals surface area contributed by atoms with Crippen molar-refractivity contribution in [1.29, 1.82) is 0 Å². The highest BCUT2D eigenvalue weighted by atomic mass is 32.2. The van der Waals surface area contributed by atoms with Crippen LogP contribution >= 0.6 is 11.8 Å². The summed E-state index contributed by atoms with van der Waals surface area (Å²) in [6.07, 6.45) is 0. The molecular weight excluding hydrogens is 182 g/mol. The fourth-order valence-electron chi connectivity index (χ4n) is 0.742. The van der Waals surface area contributed by atoms with Crippen LogP contribution in [0.3, 0.4) is 0 Å². The highest BCUT2D eigenvalue weighted by Crippen LogP contribution is 2.12. The predicted molar refractivity (Wildman–Crippen MR) is 61.3 cm³/mol. The van der Waals surface area contributed by atoms with E-state index in [0.717, 1.165) is 18.1 Å². The molecule has 0 heterocycles. The summed E-state index contributed by atoms with van der Waals surface area (Å²) >= 11 is 1.85. The van der Waals surface area contributed by atoms with E-state index in [1.54, 1.807) is 0 Å². The summed E-state index contributed by atoms with van der Waals surface area (Å²) in [4.78, 5) is 0. The van der Waals surface area contributed by atoms with Gasteiger partial charge in [-0.05, 0) is 34.6 Å². The number of ether oxygens (including phenoxy) is 1. The molecule has 80 valence electrons. The zero-order valence-electron chi connectivity index (χ0n) is 9.52. The molecule has 3 heteroatoms. The van der Waals surface area contributed by atoms with Crippen molar-refractivity contribution < 1.29 is 4.74 Å². The maximum atomic E-state index is 5.84. The van der Waals surface area contributed by atoms with Gasteiger partial charge in [0.05, 0.1) is 12.2 Å². The van der Waals surface area contributed by atoms with Crippen LogP contribution in [0.5, 0.6) is 0 Å². The van der Waals surface area contributed by atoms with Crippen molar-refractivity contribution in [3.05, 3.63) is 0 Å². The predicted octanol–water partition coefficient (Wildman–Crippen LogP) is 2.27. The normalized spacial score (nSPS) is 13.4. The molecule has 0 aromatic carbocycles. The average molecular weight is 205 g/mol. The first kappa shape index (κ1) is 13.3. The largest absolute Gasteiger partial charge is 0.375 e. The fraction of sp³-hybridized carbons (Fsp3) is 1.00. The monoisotopic (exact) mass is 205 g/mol. The van der Waals surface area contributed by atoms with E-state index in [2.05, 4.69) is 20.8 Å². The van der Waals surface area contributed by atoms with E-state index in [4.69, 9.17) is 10.5 Å². The molecule has 0 spiro atoms. The second kappa shape index (κ2) is 5.23. The topological polar surface area (TPSA) is 35.2 Å². The number of thioether (sulfide) groups is 1. The Morgan fingerprint density at radius 1 is 1.15 bits per heavy atom. The van der Waals surface area contributed by atoms with Gasteiger partial charge in [0.15, 0.2) is 0 Å². The molecule has 0 radical (unpaired) electrons. The van der Waals surface area contributed by atoms with Gasteiger partial charge in [0, 0.05) is 17.0 Å². The van der Waals surface area contributed by atoms with E-state index < -0.39 is 0 Å². The molecule has 2 N–H and O–H groups in total. The van der Waals surface area contributed by atoms with Gasteiger partial charge in [-0.2, -0.15) is 11.8 Å². The summed E-state index contributed by atoms with van der Waals surface area (Å²) in [5, 5.41) is 0. The summed E-state index contributed by atoms with van der Waals surface area (Å²) in [6, 6.07) is 0. The number of nitrogens with two attached hydrogens (primary N) is 1. The third-order valence-corrected chi connectivity index (χ3v) is 2.64. The van der Waals surface area contributed by atoms with E-state index in [1.807, 2.05) is 25.6 Å². The van der Waals surface area contributed by atoms with E-state index in [9.17, 15) is 0 Å². The number of hydrogen-bond acceptors (Lipinski definition) is 3.